The number of hydrogen-bond acceptors (Lipinski definition) is 4. The van der Waals surface area contributed by atoms with Crippen molar-refractivity contribution in [2.24, 2.45) is 0 Å². The van der Waals surface area contributed by atoms with Crippen molar-refractivity contribution in [2.45, 2.75) is 33.2 Å². The molecule has 0 amide bonds. The third kappa shape index (κ3) is 2.96. The molecule has 0 N–H and O–H groups in total. The Kier molecular flexibility index (Phi) is 3.76. The molecule has 4 nitrogen and oxygen atoms in total. The van der Waals surface area contributed by atoms with Gasteiger partial charge in [0.2, 0.25) is 0 Å². The molecular formula is C13H19NO3. The Morgan fingerprint density at radius 1 is 1.29 bits per heavy atom. The van der Waals surface area contributed by atoms with Crippen molar-refractivity contribution in [1.82, 2.24) is 4.90 Å². The van der Waals surface area contributed by atoms with Gasteiger partial charge in [0.05, 0.1) is 11.1 Å². The number of hydrogen-bond donors (Lipinski definition) is 0. The van der Waals surface area contributed by atoms with Gasteiger partial charge in [0.25, 0.3) is 0 Å². The second kappa shape index (κ2) is 4.73. The van der Waals surface area contributed by atoms with Crippen LogP contribution in [0.3, 0.4) is 0 Å². The lowest BCUT2D eigenvalue weighted by atomic mass is 10.1. The van der Waals surface area contributed by atoms with Crippen molar-refractivity contribution in [2.75, 3.05) is 13.7 Å². The highest BCUT2D eigenvalue weighted by Crippen LogP contribution is 2.27. The summed E-state index contributed by atoms with van der Waals surface area (Å²) in [5.74, 6) is 0.221. The molecular weight excluding hydrogens is 218 g/mol. The van der Waals surface area contributed by atoms with Crippen LogP contribution in [-0.4, -0.2) is 35.7 Å². The van der Waals surface area contributed by atoms with Crippen LogP contribution in [0, 0.1) is 0 Å². The molecule has 0 saturated carbocycles. The van der Waals surface area contributed by atoms with Crippen molar-refractivity contribution in [3.63, 3.8) is 0 Å². The molecule has 0 radical (unpaired) electrons. The van der Waals surface area contributed by atoms with Gasteiger partial charge in [0.15, 0.2) is 17.4 Å². The second-order valence-electron chi connectivity index (χ2n) is 4.86. The van der Waals surface area contributed by atoms with Gasteiger partial charge in [-0.2, -0.15) is 0 Å². The van der Waals surface area contributed by atoms with Crippen molar-refractivity contribution < 1.29 is 14.3 Å². The van der Waals surface area contributed by atoms with Crippen LogP contribution in [0.25, 0.3) is 0 Å². The first-order valence-electron chi connectivity index (χ1n) is 5.56. The standard InChI is InChI=1S/C13H19NO3/c1-9(15)11(10(2)16)6-7-12-14(5)13(3,4)8-17-12/h6-7H,8H2,1-5H3. The van der Waals surface area contributed by atoms with Gasteiger partial charge >= 0.3 is 0 Å². The molecule has 0 aromatic carbocycles. The zero-order chi connectivity index (χ0) is 13.2. The normalized spacial score (nSPS) is 20.1. The van der Waals surface area contributed by atoms with Crippen molar-refractivity contribution >= 4 is 11.6 Å². The minimum absolute atomic E-state index is 0.0632. The number of nitrogens with zero attached hydrogens (tertiary/aromatic N) is 1. The molecule has 4 heteroatoms. The molecule has 0 unspecified atom stereocenters. The number of Topliss-reactive ketones (excluding diaryl/α,β-unsaturated/α-hetero) is 2. The Labute approximate surface area is 102 Å². The van der Waals surface area contributed by atoms with E-state index in [9.17, 15) is 9.59 Å². The van der Waals surface area contributed by atoms with Crippen molar-refractivity contribution in [3.05, 3.63) is 23.6 Å². The molecule has 1 heterocycles. The minimum atomic E-state index is -0.228. The van der Waals surface area contributed by atoms with Crippen LogP contribution in [0.1, 0.15) is 27.7 Å². The van der Waals surface area contributed by atoms with Gasteiger partial charge < -0.3 is 9.64 Å². The first kappa shape index (κ1) is 13.5. The van der Waals surface area contributed by atoms with E-state index < -0.39 is 0 Å². The van der Waals surface area contributed by atoms with Crippen LogP contribution in [0.4, 0.5) is 0 Å². The summed E-state index contributed by atoms with van der Waals surface area (Å²) < 4.78 is 5.51. The minimum Gasteiger partial charge on any atom is -0.477 e. The highest BCUT2D eigenvalue weighted by atomic mass is 16.5. The Morgan fingerprint density at radius 2 is 1.82 bits per heavy atom. The van der Waals surface area contributed by atoms with E-state index in [-0.39, 0.29) is 22.7 Å². The topological polar surface area (TPSA) is 46.6 Å². The van der Waals surface area contributed by atoms with E-state index in [2.05, 4.69) is 13.8 Å². The highest BCUT2D eigenvalue weighted by Gasteiger charge is 2.33. The third-order valence-electron chi connectivity index (χ3n) is 2.96. The fourth-order valence-electron chi connectivity index (χ4n) is 1.54. The molecule has 0 aromatic rings. The molecule has 0 atom stereocenters. The number of rotatable bonds is 3. The quantitative estimate of drug-likeness (QED) is 0.425. The maximum absolute atomic E-state index is 11.2. The summed E-state index contributed by atoms with van der Waals surface area (Å²) in [5.41, 5.74) is 0.130. The van der Waals surface area contributed by atoms with E-state index >= 15 is 0 Å². The predicted molar refractivity (Wildman–Crippen MR) is 65.3 cm³/mol. The molecule has 0 bridgehead atoms. The number of ether oxygens (including phenoxy) is 1. The van der Waals surface area contributed by atoms with Crippen LogP contribution < -0.4 is 0 Å². The Bertz CT molecular complexity index is 389. The molecule has 94 valence electrons. The van der Waals surface area contributed by atoms with Gasteiger partial charge in [-0.15, -0.1) is 0 Å². The Morgan fingerprint density at radius 3 is 2.18 bits per heavy atom. The molecule has 17 heavy (non-hydrogen) atoms. The van der Waals surface area contributed by atoms with Crippen LogP contribution >= 0.6 is 0 Å². The Balaban J connectivity index is 2.95. The Hall–Kier alpha value is -1.58. The highest BCUT2D eigenvalue weighted by molar-refractivity contribution is 6.18. The van der Waals surface area contributed by atoms with Gasteiger partial charge in [0, 0.05) is 7.05 Å². The fourth-order valence-corrected chi connectivity index (χ4v) is 1.54. The molecule has 0 aliphatic carbocycles. The van der Waals surface area contributed by atoms with E-state index in [1.165, 1.54) is 19.9 Å². The van der Waals surface area contributed by atoms with Crippen LogP contribution in [-0.2, 0) is 14.3 Å². The third-order valence-corrected chi connectivity index (χ3v) is 2.96. The summed E-state index contributed by atoms with van der Waals surface area (Å²) in [7, 11) is 1.92. The monoisotopic (exact) mass is 237 g/mol. The van der Waals surface area contributed by atoms with Crippen LogP contribution in [0.2, 0.25) is 0 Å². The number of likely N-dealkylation sites (N-methyl/N-ethyl adjacent to an activating group) is 1. The largest absolute Gasteiger partial charge is 0.477 e. The molecule has 1 fully saturated rings. The zero-order valence-corrected chi connectivity index (χ0v) is 11.0. The smallest absolute Gasteiger partial charge is 0.189 e. The molecule has 1 saturated heterocycles. The number of allylic oxidation sites excluding steroid dienone is 3. The molecule has 1 aliphatic heterocycles. The summed E-state index contributed by atoms with van der Waals surface area (Å²) in [6.07, 6.45) is 3.20. The molecule has 0 spiro atoms. The number of carbonyl (C=O) groups excluding carboxylic acids is 2. The molecule has 0 aromatic heterocycles. The first-order chi connectivity index (χ1) is 7.75. The van der Waals surface area contributed by atoms with E-state index in [1.807, 2.05) is 11.9 Å². The first-order valence-corrected chi connectivity index (χ1v) is 5.56. The molecule has 1 rings (SSSR count). The zero-order valence-electron chi connectivity index (χ0n) is 11.0. The second-order valence-corrected chi connectivity index (χ2v) is 4.86. The predicted octanol–water partition coefficient (Wildman–Crippen LogP) is 1.67. The van der Waals surface area contributed by atoms with Gasteiger partial charge in [-0.25, -0.2) is 0 Å². The number of carbonyl (C=O) groups is 2. The summed E-state index contributed by atoms with van der Waals surface area (Å²) in [5, 5.41) is 0. The summed E-state index contributed by atoms with van der Waals surface area (Å²) in [4.78, 5) is 24.4. The average molecular weight is 237 g/mol. The van der Waals surface area contributed by atoms with E-state index in [1.54, 1.807) is 6.08 Å². The van der Waals surface area contributed by atoms with E-state index in [0.717, 1.165) is 0 Å². The van der Waals surface area contributed by atoms with Gasteiger partial charge in [0.1, 0.15) is 6.61 Å². The summed E-state index contributed by atoms with van der Waals surface area (Å²) in [6.45, 7) is 7.49. The lowest BCUT2D eigenvalue weighted by Crippen LogP contribution is -2.36. The maximum atomic E-state index is 11.2. The van der Waals surface area contributed by atoms with Gasteiger partial charge in [-0.05, 0) is 39.8 Å². The lowest BCUT2D eigenvalue weighted by molar-refractivity contribution is -0.119. The van der Waals surface area contributed by atoms with Crippen molar-refractivity contribution in [3.8, 4) is 0 Å². The maximum Gasteiger partial charge on any atom is 0.189 e. The van der Waals surface area contributed by atoms with Crippen molar-refractivity contribution in [1.29, 1.82) is 0 Å². The van der Waals surface area contributed by atoms with Crippen LogP contribution in [0.15, 0.2) is 23.6 Å². The lowest BCUT2D eigenvalue weighted by Gasteiger charge is -2.25. The van der Waals surface area contributed by atoms with Crippen LogP contribution in [0.5, 0.6) is 0 Å². The number of ketones is 2. The van der Waals surface area contributed by atoms with Gasteiger partial charge in [-0.1, -0.05) is 0 Å². The molecule has 1 aliphatic rings. The van der Waals surface area contributed by atoms with Gasteiger partial charge in [-0.3, -0.25) is 9.59 Å². The van der Waals surface area contributed by atoms with E-state index in [0.29, 0.717) is 12.5 Å². The fraction of sp³-hybridized carbons (Fsp3) is 0.538. The SMILES string of the molecule is CC(=O)C(=CC=C1OCC(C)(C)N1C)C(C)=O. The summed E-state index contributed by atoms with van der Waals surface area (Å²) in [6, 6.07) is 0. The van der Waals surface area contributed by atoms with E-state index in [4.69, 9.17) is 4.74 Å². The average Bonchev–Trinajstić information content (AvgIpc) is 2.43. The summed E-state index contributed by atoms with van der Waals surface area (Å²) >= 11 is 0.